The molecule has 3 aromatic rings. The summed E-state index contributed by atoms with van der Waals surface area (Å²) in [4.78, 5) is 19.9. The summed E-state index contributed by atoms with van der Waals surface area (Å²) in [6.07, 6.45) is -10.5. The highest BCUT2D eigenvalue weighted by Gasteiger charge is 2.57. The number of ether oxygens (including phenoxy) is 2. The Morgan fingerprint density at radius 3 is 2.31 bits per heavy atom. The van der Waals surface area contributed by atoms with Gasteiger partial charge in [0.2, 0.25) is 0 Å². The molecule has 0 fully saturated rings. The number of rotatable bonds is 6. The molecule has 16 heteroatoms. The normalized spacial score (nSPS) is 17.7. The predicted octanol–water partition coefficient (Wildman–Crippen LogP) is 4.86. The van der Waals surface area contributed by atoms with Crippen molar-refractivity contribution in [3.05, 3.63) is 83.9 Å². The summed E-state index contributed by atoms with van der Waals surface area (Å²) in [5.41, 5.74) is -3.50. The summed E-state index contributed by atoms with van der Waals surface area (Å²) in [5, 5.41) is 0. The van der Waals surface area contributed by atoms with E-state index < -0.39 is 74.8 Å². The lowest BCUT2D eigenvalue weighted by Crippen LogP contribution is -2.54. The lowest BCUT2D eigenvalue weighted by atomic mass is 9.82. The maximum absolute atomic E-state index is 14.9. The Balaban J connectivity index is 2.03. The van der Waals surface area contributed by atoms with Crippen LogP contribution in [0, 0.1) is 5.82 Å². The first-order valence-corrected chi connectivity index (χ1v) is 12.1. The van der Waals surface area contributed by atoms with Crippen molar-refractivity contribution in [2.75, 3.05) is 6.61 Å². The molecular weight excluding hydrogens is 565 g/mol. The standard InChI is InChI=1S/C23H15F7N2O6S/c24-16-13-14(8-9-17(16)37-23(28,29)30)21(10-12-36-18-7-4-11-31-19(18)21)32(38-20(33)22(25,26)27)39(34,35)15-5-2-1-3-6-15/h1-9,11,13H,10,12H2. The molecule has 0 aliphatic carbocycles. The van der Waals surface area contributed by atoms with Gasteiger partial charge in [-0.25, -0.2) is 17.6 Å². The number of benzene rings is 2. The highest BCUT2D eigenvalue weighted by molar-refractivity contribution is 7.89. The molecule has 1 unspecified atom stereocenters. The Kier molecular flexibility index (Phi) is 7.20. The number of aromatic nitrogens is 1. The number of halogens is 7. The third kappa shape index (κ3) is 5.47. The van der Waals surface area contributed by atoms with E-state index in [0.29, 0.717) is 12.1 Å². The predicted molar refractivity (Wildman–Crippen MR) is 116 cm³/mol. The minimum Gasteiger partial charge on any atom is -0.491 e. The van der Waals surface area contributed by atoms with E-state index >= 15 is 0 Å². The van der Waals surface area contributed by atoms with E-state index in [1.165, 1.54) is 30.3 Å². The van der Waals surface area contributed by atoms with Gasteiger partial charge in [-0.15, -0.1) is 13.2 Å². The maximum Gasteiger partial charge on any atom is 0.573 e. The van der Waals surface area contributed by atoms with Crippen molar-refractivity contribution in [1.82, 2.24) is 9.45 Å². The van der Waals surface area contributed by atoms with Crippen LogP contribution in [-0.4, -0.2) is 43.0 Å². The van der Waals surface area contributed by atoms with Gasteiger partial charge in [0.1, 0.15) is 17.0 Å². The number of carbonyl (C=O) groups is 1. The first-order chi connectivity index (χ1) is 18.2. The van der Waals surface area contributed by atoms with E-state index in [2.05, 4.69) is 14.6 Å². The monoisotopic (exact) mass is 580 g/mol. The molecule has 0 radical (unpaired) electrons. The summed E-state index contributed by atoms with van der Waals surface area (Å²) in [7, 11) is -5.20. The molecule has 0 saturated carbocycles. The Morgan fingerprint density at radius 1 is 1.00 bits per heavy atom. The van der Waals surface area contributed by atoms with Crippen LogP contribution in [0.4, 0.5) is 30.7 Å². The van der Waals surface area contributed by atoms with Crippen LogP contribution in [0.25, 0.3) is 0 Å². The fourth-order valence-electron chi connectivity index (χ4n) is 3.92. The van der Waals surface area contributed by atoms with Gasteiger partial charge >= 0.3 is 18.5 Å². The lowest BCUT2D eigenvalue weighted by Gasteiger charge is -2.43. The highest BCUT2D eigenvalue weighted by Crippen LogP contribution is 2.48. The average molecular weight is 580 g/mol. The molecule has 1 atom stereocenters. The van der Waals surface area contributed by atoms with E-state index in [4.69, 9.17) is 4.74 Å². The zero-order valence-corrected chi connectivity index (χ0v) is 20.0. The molecule has 2 heterocycles. The second-order valence-corrected chi connectivity index (χ2v) is 9.68. The van der Waals surface area contributed by atoms with Crippen LogP contribution in [0.5, 0.6) is 11.5 Å². The number of hydroxylamine groups is 1. The van der Waals surface area contributed by atoms with Gasteiger partial charge in [0.15, 0.2) is 11.6 Å². The summed E-state index contributed by atoms with van der Waals surface area (Å²) in [6.45, 7) is -0.411. The van der Waals surface area contributed by atoms with E-state index in [1.54, 1.807) is 0 Å². The van der Waals surface area contributed by atoms with Crippen molar-refractivity contribution in [2.45, 2.75) is 29.4 Å². The van der Waals surface area contributed by atoms with Crippen molar-refractivity contribution in [1.29, 1.82) is 0 Å². The number of hydrogen-bond donors (Lipinski definition) is 0. The van der Waals surface area contributed by atoms with E-state index in [1.807, 2.05) is 0 Å². The largest absolute Gasteiger partial charge is 0.573 e. The van der Waals surface area contributed by atoms with Gasteiger partial charge < -0.3 is 14.3 Å². The Hall–Kier alpha value is -3.92. The number of nitrogens with zero attached hydrogens (tertiary/aromatic N) is 2. The molecule has 0 N–H and O–H groups in total. The second kappa shape index (κ2) is 10.00. The smallest absolute Gasteiger partial charge is 0.491 e. The highest BCUT2D eigenvalue weighted by atomic mass is 32.2. The van der Waals surface area contributed by atoms with Crippen LogP contribution in [0.3, 0.4) is 0 Å². The summed E-state index contributed by atoms with van der Waals surface area (Å²) in [6, 6.07) is 10.2. The first-order valence-electron chi connectivity index (χ1n) is 10.7. The number of carbonyl (C=O) groups excluding carboxylic acids is 1. The zero-order valence-electron chi connectivity index (χ0n) is 19.2. The summed E-state index contributed by atoms with van der Waals surface area (Å²) in [5.74, 6) is -6.06. The minimum absolute atomic E-state index is 0.170. The number of alkyl halides is 6. The topological polar surface area (TPSA) is 95.0 Å². The van der Waals surface area contributed by atoms with E-state index in [9.17, 15) is 43.9 Å². The Labute approximate surface area is 215 Å². The second-order valence-electron chi connectivity index (χ2n) is 7.92. The zero-order chi connectivity index (χ0) is 28.6. The fraction of sp³-hybridized carbons (Fsp3) is 0.217. The molecule has 208 valence electrons. The molecule has 1 aromatic heterocycles. The molecule has 0 spiro atoms. The van der Waals surface area contributed by atoms with Crippen molar-refractivity contribution >= 4 is 16.0 Å². The molecule has 39 heavy (non-hydrogen) atoms. The van der Waals surface area contributed by atoms with Crippen LogP contribution in [0.2, 0.25) is 0 Å². The van der Waals surface area contributed by atoms with Crippen LogP contribution >= 0.6 is 0 Å². The lowest BCUT2D eigenvalue weighted by molar-refractivity contribution is -0.275. The van der Waals surface area contributed by atoms with Gasteiger partial charge in [-0.3, -0.25) is 4.98 Å². The quantitative estimate of drug-likeness (QED) is 0.304. The SMILES string of the molecule is O=C(ON(C1(c2ccc(OC(F)(F)F)c(F)c2)CCOc2cccnc21)S(=O)(=O)c1ccccc1)C(F)(F)F. The molecule has 4 rings (SSSR count). The van der Waals surface area contributed by atoms with Crippen LogP contribution in [0.1, 0.15) is 17.7 Å². The van der Waals surface area contributed by atoms with E-state index in [0.717, 1.165) is 24.4 Å². The van der Waals surface area contributed by atoms with Gasteiger partial charge in [-0.05, 0) is 46.4 Å². The van der Waals surface area contributed by atoms with Crippen LogP contribution in [-0.2, 0) is 25.2 Å². The molecule has 1 aliphatic rings. The maximum atomic E-state index is 14.9. The Morgan fingerprint density at radius 2 is 1.69 bits per heavy atom. The minimum atomic E-state index is -5.68. The van der Waals surface area contributed by atoms with Gasteiger partial charge in [0, 0.05) is 12.6 Å². The fourth-order valence-corrected chi connectivity index (χ4v) is 5.47. The number of pyridine rings is 1. The van der Waals surface area contributed by atoms with Crippen LogP contribution in [0.15, 0.2) is 71.8 Å². The van der Waals surface area contributed by atoms with Crippen molar-refractivity contribution < 1.29 is 58.3 Å². The van der Waals surface area contributed by atoms with Gasteiger partial charge in [-0.2, -0.15) is 13.2 Å². The summed E-state index contributed by atoms with van der Waals surface area (Å²) < 4.78 is 129. The van der Waals surface area contributed by atoms with Crippen molar-refractivity contribution in [3.8, 4) is 11.5 Å². The molecule has 0 bridgehead atoms. The molecular formula is C23H15F7N2O6S. The number of hydrogen-bond acceptors (Lipinski definition) is 7. The van der Waals surface area contributed by atoms with Gasteiger partial charge in [0.05, 0.1) is 11.5 Å². The molecule has 0 saturated heterocycles. The number of sulfonamides is 1. The number of fused-ring (bicyclic) bond motifs is 1. The van der Waals surface area contributed by atoms with Crippen molar-refractivity contribution in [3.63, 3.8) is 0 Å². The van der Waals surface area contributed by atoms with Crippen LogP contribution < -0.4 is 9.47 Å². The van der Waals surface area contributed by atoms with E-state index in [-0.39, 0.29) is 10.2 Å². The molecule has 0 amide bonds. The first kappa shape index (κ1) is 28.1. The van der Waals surface area contributed by atoms with Gasteiger partial charge in [-0.1, -0.05) is 24.3 Å². The Bertz CT molecular complexity index is 1480. The third-order valence-electron chi connectivity index (χ3n) is 5.49. The third-order valence-corrected chi connectivity index (χ3v) is 7.18. The molecule has 2 aromatic carbocycles. The average Bonchev–Trinajstić information content (AvgIpc) is 2.87. The van der Waals surface area contributed by atoms with Crippen molar-refractivity contribution in [2.24, 2.45) is 0 Å². The van der Waals surface area contributed by atoms with Gasteiger partial charge in [0.25, 0.3) is 10.0 Å². The summed E-state index contributed by atoms with van der Waals surface area (Å²) >= 11 is 0. The molecule has 1 aliphatic heterocycles. The molecule has 8 nitrogen and oxygen atoms in total.